The maximum Gasteiger partial charge on any atom is 0.0587 e. The molecule has 33 heavy (non-hydrogen) atoms. The molecule has 1 nitrogen and oxygen atoms in total. The van der Waals surface area contributed by atoms with Gasteiger partial charge in [-0.15, -0.1) is 0 Å². The van der Waals surface area contributed by atoms with Crippen LogP contribution in [0.5, 0.6) is 0 Å². The molecule has 3 aliphatic rings. The van der Waals surface area contributed by atoms with Crippen LogP contribution in [0.25, 0.3) is 16.7 Å². The zero-order valence-electron chi connectivity index (χ0n) is 19.2. The highest BCUT2D eigenvalue weighted by Crippen LogP contribution is 2.49. The SMILES string of the molecule is Cc1cccc(-c2ccc3c(c2)C2C=C(c4ccccc4)C=CC2N3C2C=CC=CC2C)c1. The molecule has 0 bridgehead atoms. The Kier molecular flexibility index (Phi) is 4.91. The Morgan fingerprint density at radius 2 is 1.48 bits per heavy atom. The average molecular weight is 428 g/mol. The fraction of sp³-hybridized carbons (Fsp3) is 0.188. The zero-order chi connectivity index (χ0) is 22.4. The van der Waals surface area contributed by atoms with E-state index in [4.69, 9.17) is 0 Å². The zero-order valence-corrected chi connectivity index (χ0v) is 19.2. The quantitative estimate of drug-likeness (QED) is 0.413. The van der Waals surface area contributed by atoms with E-state index >= 15 is 0 Å². The number of rotatable bonds is 3. The fourth-order valence-corrected chi connectivity index (χ4v) is 5.67. The van der Waals surface area contributed by atoms with E-state index in [-0.39, 0.29) is 0 Å². The van der Waals surface area contributed by atoms with E-state index in [0.29, 0.717) is 23.9 Å². The number of nitrogens with zero attached hydrogens (tertiary/aromatic N) is 1. The van der Waals surface area contributed by atoms with Crippen molar-refractivity contribution in [2.75, 3.05) is 4.90 Å². The molecular formula is C32H29N. The van der Waals surface area contributed by atoms with Crippen LogP contribution < -0.4 is 4.90 Å². The number of benzene rings is 3. The molecule has 0 aromatic heterocycles. The molecule has 0 saturated heterocycles. The highest BCUT2D eigenvalue weighted by atomic mass is 15.2. The maximum absolute atomic E-state index is 2.65. The van der Waals surface area contributed by atoms with Crippen molar-refractivity contribution in [2.45, 2.75) is 31.8 Å². The van der Waals surface area contributed by atoms with Gasteiger partial charge in [0.05, 0.1) is 12.1 Å². The van der Waals surface area contributed by atoms with Crippen molar-refractivity contribution in [3.8, 4) is 11.1 Å². The lowest BCUT2D eigenvalue weighted by Gasteiger charge is -2.38. The molecular weight excluding hydrogens is 398 g/mol. The third-order valence-electron chi connectivity index (χ3n) is 7.34. The topological polar surface area (TPSA) is 3.24 Å². The molecule has 4 atom stereocenters. The molecule has 3 aromatic rings. The van der Waals surface area contributed by atoms with Gasteiger partial charge in [-0.2, -0.15) is 0 Å². The molecule has 0 N–H and O–H groups in total. The molecule has 0 radical (unpaired) electrons. The van der Waals surface area contributed by atoms with E-state index in [2.05, 4.69) is 134 Å². The number of fused-ring (bicyclic) bond motifs is 3. The molecule has 1 heterocycles. The van der Waals surface area contributed by atoms with Gasteiger partial charge in [-0.3, -0.25) is 0 Å². The molecule has 1 heteroatoms. The predicted molar refractivity (Wildman–Crippen MR) is 140 cm³/mol. The van der Waals surface area contributed by atoms with Crippen LogP contribution in [0.2, 0.25) is 0 Å². The van der Waals surface area contributed by atoms with Crippen molar-refractivity contribution in [1.29, 1.82) is 0 Å². The molecule has 6 rings (SSSR count). The van der Waals surface area contributed by atoms with Crippen molar-refractivity contribution in [3.05, 3.63) is 132 Å². The largest absolute Gasteiger partial charge is 0.357 e. The summed E-state index contributed by atoms with van der Waals surface area (Å²) in [6.07, 6.45) is 16.3. The highest BCUT2D eigenvalue weighted by Gasteiger charge is 2.41. The summed E-state index contributed by atoms with van der Waals surface area (Å²) < 4.78 is 0. The summed E-state index contributed by atoms with van der Waals surface area (Å²) in [5.74, 6) is 0.822. The van der Waals surface area contributed by atoms with Crippen LogP contribution in [0.3, 0.4) is 0 Å². The van der Waals surface area contributed by atoms with Crippen LogP contribution >= 0.6 is 0 Å². The van der Waals surface area contributed by atoms with Crippen molar-refractivity contribution in [2.24, 2.45) is 5.92 Å². The van der Waals surface area contributed by atoms with Crippen LogP contribution in [0, 0.1) is 12.8 Å². The first-order chi connectivity index (χ1) is 16.2. The van der Waals surface area contributed by atoms with Gasteiger partial charge in [0.1, 0.15) is 0 Å². The van der Waals surface area contributed by atoms with E-state index in [1.807, 2.05) is 0 Å². The molecule has 2 aliphatic carbocycles. The maximum atomic E-state index is 2.65. The Morgan fingerprint density at radius 1 is 0.697 bits per heavy atom. The van der Waals surface area contributed by atoms with Gasteiger partial charge >= 0.3 is 0 Å². The van der Waals surface area contributed by atoms with E-state index in [9.17, 15) is 0 Å². The van der Waals surface area contributed by atoms with Crippen molar-refractivity contribution in [1.82, 2.24) is 0 Å². The monoisotopic (exact) mass is 427 g/mol. The second-order valence-electron chi connectivity index (χ2n) is 9.53. The van der Waals surface area contributed by atoms with Gasteiger partial charge in [-0.25, -0.2) is 0 Å². The minimum atomic E-state index is 0.337. The second kappa shape index (κ2) is 8.08. The number of hydrogen-bond donors (Lipinski definition) is 0. The van der Waals surface area contributed by atoms with Gasteiger partial charge in [0.2, 0.25) is 0 Å². The first kappa shape index (κ1) is 20.1. The lowest BCUT2D eigenvalue weighted by molar-refractivity contribution is 0.530. The van der Waals surface area contributed by atoms with E-state index in [1.54, 1.807) is 0 Å². The minimum absolute atomic E-state index is 0.337. The highest BCUT2D eigenvalue weighted by molar-refractivity contribution is 5.81. The first-order valence-electron chi connectivity index (χ1n) is 12.0. The molecule has 0 fully saturated rings. The van der Waals surface area contributed by atoms with E-state index in [0.717, 1.165) is 0 Å². The first-order valence-corrected chi connectivity index (χ1v) is 12.0. The third kappa shape index (κ3) is 3.49. The summed E-state index contributed by atoms with van der Waals surface area (Å²) in [6, 6.07) is 27.4. The Hall–Kier alpha value is -3.58. The third-order valence-corrected chi connectivity index (χ3v) is 7.34. The van der Waals surface area contributed by atoms with Crippen LogP contribution in [0.4, 0.5) is 5.69 Å². The standard InChI is InChI=1S/C32H29N/c1-22-9-8-13-25(19-22)27-16-18-32-29(21-27)28-20-26(24-11-4-3-5-12-24)15-17-31(28)33(32)30-14-7-6-10-23(30)2/h3-21,23,28,30-31H,1-2H3. The number of aryl methyl sites for hydroxylation is 1. The predicted octanol–water partition coefficient (Wildman–Crippen LogP) is 7.72. The molecule has 162 valence electrons. The van der Waals surface area contributed by atoms with Gasteiger partial charge in [-0.1, -0.05) is 116 Å². The normalized spacial score (nSPS) is 25.0. The molecule has 3 aromatic carbocycles. The Labute approximate surface area is 197 Å². The van der Waals surface area contributed by atoms with Gasteiger partial charge in [-0.05, 0) is 52.8 Å². The van der Waals surface area contributed by atoms with Crippen LogP contribution in [-0.2, 0) is 0 Å². The molecule has 0 amide bonds. The Bertz CT molecular complexity index is 1310. The number of allylic oxidation sites excluding steroid dienone is 4. The summed E-state index contributed by atoms with van der Waals surface area (Å²) in [7, 11) is 0. The summed E-state index contributed by atoms with van der Waals surface area (Å²) >= 11 is 0. The minimum Gasteiger partial charge on any atom is -0.357 e. The summed E-state index contributed by atoms with van der Waals surface area (Å²) in [5, 5.41) is 0. The van der Waals surface area contributed by atoms with E-state index < -0.39 is 0 Å². The number of hydrogen-bond acceptors (Lipinski definition) is 1. The van der Waals surface area contributed by atoms with Gasteiger partial charge in [0.15, 0.2) is 0 Å². The fourth-order valence-electron chi connectivity index (χ4n) is 5.67. The van der Waals surface area contributed by atoms with Gasteiger partial charge in [0, 0.05) is 11.6 Å². The molecule has 0 spiro atoms. The lowest BCUT2D eigenvalue weighted by atomic mass is 9.85. The van der Waals surface area contributed by atoms with Crippen molar-refractivity contribution in [3.63, 3.8) is 0 Å². The van der Waals surface area contributed by atoms with Crippen molar-refractivity contribution >= 4 is 11.3 Å². The molecule has 4 unspecified atom stereocenters. The van der Waals surface area contributed by atoms with Gasteiger partial charge in [0.25, 0.3) is 0 Å². The van der Waals surface area contributed by atoms with Crippen LogP contribution in [-0.4, -0.2) is 12.1 Å². The number of anilines is 1. The Balaban J connectivity index is 1.48. The summed E-state index contributed by atoms with van der Waals surface area (Å²) in [5.41, 5.74) is 9.30. The van der Waals surface area contributed by atoms with Crippen molar-refractivity contribution < 1.29 is 0 Å². The Morgan fingerprint density at radius 3 is 2.30 bits per heavy atom. The molecule has 1 aliphatic heterocycles. The van der Waals surface area contributed by atoms with Crippen LogP contribution in [0.15, 0.2) is 115 Å². The summed E-state index contributed by atoms with van der Waals surface area (Å²) in [4.78, 5) is 2.65. The lowest BCUT2D eigenvalue weighted by Crippen LogP contribution is -2.44. The van der Waals surface area contributed by atoms with Gasteiger partial charge < -0.3 is 4.90 Å². The van der Waals surface area contributed by atoms with E-state index in [1.165, 1.54) is 39.1 Å². The second-order valence-corrected chi connectivity index (χ2v) is 9.53. The summed E-state index contributed by atoms with van der Waals surface area (Å²) in [6.45, 7) is 4.50. The molecule has 0 saturated carbocycles. The smallest absolute Gasteiger partial charge is 0.0587 e. The van der Waals surface area contributed by atoms with Crippen LogP contribution in [0.1, 0.15) is 29.5 Å². The average Bonchev–Trinajstić information content (AvgIpc) is 3.18.